The van der Waals surface area contributed by atoms with Gasteiger partial charge in [0.25, 0.3) is 0 Å². The molecule has 5 heteroatoms. The van der Waals surface area contributed by atoms with Gasteiger partial charge in [0.05, 0.1) is 12.6 Å². The Morgan fingerprint density at radius 2 is 1.69 bits per heavy atom. The van der Waals surface area contributed by atoms with Gasteiger partial charge in [-0.25, -0.2) is 0 Å². The Kier molecular flexibility index (Phi) is 7.14. The van der Waals surface area contributed by atoms with Crippen LogP contribution in [0.5, 0.6) is 0 Å². The zero-order valence-electron chi connectivity index (χ0n) is 17.8. The first-order chi connectivity index (χ1) is 13.7. The van der Waals surface area contributed by atoms with Crippen molar-refractivity contribution in [2.75, 3.05) is 26.2 Å². The summed E-state index contributed by atoms with van der Waals surface area (Å²) in [5.41, 5.74) is 2.14. The highest BCUT2D eigenvalue weighted by Crippen LogP contribution is 2.31. The number of piperazine rings is 1. The Morgan fingerprint density at radius 3 is 2.28 bits per heavy atom. The molecule has 1 aliphatic rings. The van der Waals surface area contributed by atoms with Crippen LogP contribution in [0, 0.1) is 0 Å². The second-order valence-electron chi connectivity index (χ2n) is 8.77. The van der Waals surface area contributed by atoms with E-state index in [1.54, 1.807) is 0 Å². The number of nitrogens with zero attached hydrogens (tertiary/aromatic N) is 2. The van der Waals surface area contributed by atoms with Gasteiger partial charge in [-0.15, -0.1) is 0 Å². The lowest BCUT2D eigenvalue weighted by molar-refractivity contribution is -0.157. The molecule has 29 heavy (non-hydrogen) atoms. The summed E-state index contributed by atoms with van der Waals surface area (Å²) in [6.07, 6.45) is 0. The third-order valence-corrected chi connectivity index (χ3v) is 5.74. The van der Waals surface area contributed by atoms with Crippen LogP contribution in [0.1, 0.15) is 44.9 Å². The fourth-order valence-corrected chi connectivity index (χ4v) is 4.19. The van der Waals surface area contributed by atoms with Crippen molar-refractivity contribution < 1.29 is 9.53 Å². The number of carbonyl (C=O) groups excluding carboxylic acids is 1. The Labute approximate surface area is 183 Å². The molecule has 1 heterocycles. The van der Waals surface area contributed by atoms with Gasteiger partial charge >= 0.3 is 5.97 Å². The van der Waals surface area contributed by atoms with Crippen LogP contribution in [-0.4, -0.2) is 53.6 Å². The molecule has 3 rings (SSSR count). The number of benzene rings is 2. The minimum atomic E-state index is -0.442. The van der Waals surface area contributed by atoms with E-state index in [-0.39, 0.29) is 18.1 Å². The fourth-order valence-electron chi connectivity index (χ4n) is 3.93. The zero-order valence-corrected chi connectivity index (χ0v) is 19.4. The van der Waals surface area contributed by atoms with E-state index in [2.05, 4.69) is 87.3 Å². The lowest BCUT2D eigenvalue weighted by atomic mass is 9.95. The van der Waals surface area contributed by atoms with Gasteiger partial charge in [-0.05, 0) is 51.0 Å². The molecule has 0 amide bonds. The highest BCUT2D eigenvalue weighted by Gasteiger charge is 2.31. The number of ether oxygens (including phenoxy) is 1. The summed E-state index contributed by atoms with van der Waals surface area (Å²) in [5, 5.41) is 0. The van der Waals surface area contributed by atoms with Gasteiger partial charge in [-0.1, -0.05) is 58.4 Å². The summed E-state index contributed by atoms with van der Waals surface area (Å²) >= 11 is 3.54. The second kappa shape index (κ2) is 9.41. The monoisotopic (exact) mass is 458 g/mol. The molecule has 2 atom stereocenters. The molecule has 4 nitrogen and oxygen atoms in total. The van der Waals surface area contributed by atoms with Crippen molar-refractivity contribution in [2.45, 2.75) is 45.4 Å². The summed E-state index contributed by atoms with van der Waals surface area (Å²) in [7, 11) is 0. The molecule has 0 bridgehead atoms. The van der Waals surface area contributed by atoms with Crippen molar-refractivity contribution in [3.05, 3.63) is 70.2 Å². The van der Waals surface area contributed by atoms with Crippen molar-refractivity contribution in [2.24, 2.45) is 0 Å². The van der Waals surface area contributed by atoms with E-state index < -0.39 is 5.60 Å². The van der Waals surface area contributed by atoms with Crippen LogP contribution in [0.25, 0.3) is 0 Å². The van der Waals surface area contributed by atoms with Crippen molar-refractivity contribution in [3.8, 4) is 0 Å². The molecule has 0 aliphatic carbocycles. The van der Waals surface area contributed by atoms with Crippen LogP contribution >= 0.6 is 15.9 Å². The number of hydrogen-bond acceptors (Lipinski definition) is 4. The summed E-state index contributed by atoms with van der Waals surface area (Å²) in [5.74, 6) is -0.148. The first-order valence-electron chi connectivity index (χ1n) is 10.2. The van der Waals surface area contributed by atoms with Crippen LogP contribution in [0.15, 0.2) is 59.1 Å². The maximum Gasteiger partial charge on any atom is 0.320 e. The van der Waals surface area contributed by atoms with Crippen molar-refractivity contribution in [1.82, 2.24) is 9.80 Å². The highest BCUT2D eigenvalue weighted by atomic mass is 79.9. The van der Waals surface area contributed by atoms with Crippen LogP contribution < -0.4 is 0 Å². The Bertz CT molecular complexity index is 802. The van der Waals surface area contributed by atoms with Crippen LogP contribution in [0.2, 0.25) is 0 Å². The first kappa shape index (κ1) is 22.0. The molecule has 1 saturated heterocycles. The van der Waals surface area contributed by atoms with Gasteiger partial charge in [-0.2, -0.15) is 0 Å². The van der Waals surface area contributed by atoms with Gasteiger partial charge in [0.15, 0.2) is 0 Å². The minimum absolute atomic E-state index is 0.148. The molecular weight excluding hydrogens is 428 g/mol. The third-order valence-electron chi connectivity index (χ3n) is 5.21. The number of halogens is 1. The molecule has 2 aromatic carbocycles. The van der Waals surface area contributed by atoms with Gasteiger partial charge < -0.3 is 4.74 Å². The number of esters is 1. The molecule has 0 radical (unpaired) electrons. The molecular formula is C24H31BrN2O2. The molecule has 0 aromatic heterocycles. The second-order valence-corrected chi connectivity index (χ2v) is 9.68. The lowest BCUT2D eigenvalue weighted by Gasteiger charge is -2.43. The van der Waals surface area contributed by atoms with E-state index in [0.29, 0.717) is 6.54 Å². The largest absolute Gasteiger partial charge is 0.459 e. The summed E-state index contributed by atoms with van der Waals surface area (Å²) in [6.45, 7) is 10.9. The lowest BCUT2D eigenvalue weighted by Crippen LogP contribution is -2.54. The molecule has 0 spiro atoms. The first-order valence-corrected chi connectivity index (χ1v) is 11.0. The SMILES string of the molecule is C[C@@H]1CN([C@@H](c2ccccc2)c2ccc(Br)cc2)CCN1CC(=O)OC(C)(C)C. The Balaban J connectivity index is 1.74. The van der Waals surface area contributed by atoms with Crippen molar-refractivity contribution in [1.29, 1.82) is 0 Å². The number of rotatable bonds is 5. The van der Waals surface area contributed by atoms with E-state index in [1.165, 1.54) is 11.1 Å². The van der Waals surface area contributed by atoms with Gasteiger partial charge in [0.1, 0.15) is 5.60 Å². The summed E-state index contributed by atoms with van der Waals surface area (Å²) in [6, 6.07) is 19.7. The quantitative estimate of drug-likeness (QED) is 0.597. The summed E-state index contributed by atoms with van der Waals surface area (Å²) < 4.78 is 6.60. The van der Waals surface area contributed by atoms with Crippen molar-refractivity contribution >= 4 is 21.9 Å². The van der Waals surface area contributed by atoms with Gasteiger partial charge in [0, 0.05) is 30.1 Å². The number of hydrogen-bond donors (Lipinski definition) is 0. The molecule has 1 aliphatic heterocycles. The third kappa shape index (κ3) is 6.14. The average molecular weight is 459 g/mol. The average Bonchev–Trinajstić information content (AvgIpc) is 2.65. The highest BCUT2D eigenvalue weighted by molar-refractivity contribution is 9.10. The topological polar surface area (TPSA) is 32.8 Å². The maximum absolute atomic E-state index is 12.3. The van der Waals surface area contributed by atoms with E-state index in [1.807, 2.05) is 20.8 Å². The normalized spacial score (nSPS) is 19.7. The summed E-state index contributed by atoms with van der Waals surface area (Å²) in [4.78, 5) is 17.0. The predicted octanol–water partition coefficient (Wildman–Crippen LogP) is 4.89. The van der Waals surface area contributed by atoms with Crippen LogP contribution in [-0.2, 0) is 9.53 Å². The van der Waals surface area contributed by atoms with Crippen LogP contribution in [0.3, 0.4) is 0 Å². The standard InChI is InChI=1S/C24H31BrN2O2/c1-18-16-27(15-14-26(18)17-22(28)29-24(2,3)4)23(19-8-6-5-7-9-19)20-10-12-21(25)13-11-20/h5-13,18,23H,14-17H2,1-4H3/t18-,23+/m1/s1. The van der Waals surface area contributed by atoms with E-state index in [4.69, 9.17) is 4.74 Å². The molecule has 1 fully saturated rings. The van der Waals surface area contributed by atoms with Gasteiger partial charge in [-0.3, -0.25) is 14.6 Å². The minimum Gasteiger partial charge on any atom is -0.459 e. The van der Waals surface area contributed by atoms with Gasteiger partial charge in [0.2, 0.25) is 0 Å². The van der Waals surface area contributed by atoms with E-state index in [0.717, 1.165) is 24.1 Å². The predicted molar refractivity (Wildman–Crippen MR) is 121 cm³/mol. The zero-order chi connectivity index (χ0) is 21.0. The number of carbonyl (C=O) groups is 1. The smallest absolute Gasteiger partial charge is 0.320 e. The Hall–Kier alpha value is -1.69. The molecule has 0 saturated carbocycles. The van der Waals surface area contributed by atoms with Crippen molar-refractivity contribution in [3.63, 3.8) is 0 Å². The molecule has 2 aromatic rings. The Morgan fingerprint density at radius 1 is 1.07 bits per heavy atom. The van der Waals surface area contributed by atoms with E-state index >= 15 is 0 Å². The maximum atomic E-state index is 12.3. The molecule has 0 unspecified atom stereocenters. The van der Waals surface area contributed by atoms with Crippen LogP contribution in [0.4, 0.5) is 0 Å². The molecule has 0 N–H and O–H groups in total. The fraction of sp³-hybridized carbons (Fsp3) is 0.458. The molecule has 156 valence electrons. The van der Waals surface area contributed by atoms with E-state index in [9.17, 15) is 4.79 Å².